The van der Waals surface area contributed by atoms with Crippen molar-refractivity contribution >= 4 is 40.7 Å². The molecule has 0 unspecified atom stereocenters. The molecule has 194 valence electrons. The average Bonchev–Trinajstić information content (AvgIpc) is 3.69. The molecule has 1 aliphatic heterocycles. The number of nitrogens with one attached hydrogen (secondary N) is 1. The average molecular weight is 534 g/mol. The molecular formula is C27H33Cl2N3O4. The monoisotopic (exact) mass is 533 g/mol. The fraction of sp³-hybridized carbons (Fsp3) is 0.481. The van der Waals surface area contributed by atoms with Crippen molar-refractivity contribution in [3.63, 3.8) is 0 Å². The molecule has 0 saturated heterocycles. The summed E-state index contributed by atoms with van der Waals surface area (Å²) in [4.78, 5) is 29.7. The zero-order valence-electron chi connectivity index (χ0n) is 20.8. The number of carbonyl (C=O) groups is 2. The molecule has 2 amide bonds. The standard InChI is InChI=1S/C27H33Cl2N3O4/c1-16-12-32(17(2)15-33)27(35)21-11-20(30-26(34)19-5-6-19)7-9-24(21)36-25(16)14-31(3)13-18-4-8-22(28)23(29)10-18/h4,7-11,16-17,19,25,33H,5-6,12-15H2,1-3H3,(H,30,34)/t16-,17-,25+/m0/s1. The molecule has 9 heteroatoms. The molecule has 1 aliphatic carbocycles. The number of amides is 2. The molecule has 4 rings (SSSR count). The number of aliphatic hydroxyl groups excluding tert-OH is 1. The van der Waals surface area contributed by atoms with Gasteiger partial charge in [-0.3, -0.25) is 14.5 Å². The Morgan fingerprint density at radius 2 is 1.97 bits per heavy atom. The van der Waals surface area contributed by atoms with Crippen LogP contribution >= 0.6 is 23.2 Å². The summed E-state index contributed by atoms with van der Waals surface area (Å²) in [5.41, 5.74) is 1.99. The molecule has 7 nitrogen and oxygen atoms in total. The van der Waals surface area contributed by atoms with Crippen LogP contribution in [0.3, 0.4) is 0 Å². The summed E-state index contributed by atoms with van der Waals surface area (Å²) < 4.78 is 6.44. The molecule has 2 aromatic rings. The van der Waals surface area contributed by atoms with Crippen molar-refractivity contribution in [2.24, 2.45) is 11.8 Å². The van der Waals surface area contributed by atoms with Gasteiger partial charge in [-0.2, -0.15) is 0 Å². The van der Waals surface area contributed by atoms with Gasteiger partial charge in [-0.15, -0.1) is 0 Å². The molecule has 0 bridgehead atoms. The molecule has 0 aromatic heterocycles. The van der Waals surface area contributed by atoms with E-state index in [2.05, 4.69) is 17.1 Å². The lowest BCUT2D eigenvalue weighted by molar-refractivity contribution is -0.117. The second kappa shape index (κ2) is 11.4. The molecule has 3 atom stereocenters. The molecule has 2 aliphatic rings. The molecule has 0 spiro atoms. The number of rotatable bonds is 8. The zero-order valence-corrected chi connectivity index (χ0v) is 22.4. The number of nitrogens with zero attached hydrogens (tertiary/aromatic N) is 2. The van der Waals surface area contributed by atoms with Crippen LogP contribution in [0.25, 0.3) is 0 Å². The normalized spacial score (nSPS) is 20.9. The van der Waals surface area contributed by atoms with Gasteiger partial charge in [0.1, 0.15) is 11.9 Å². The van der Waals surface area contributed by atoms with Crippen molar-refractivity contribution in [2.75, 3.05) is 32.1 Å². The van der Waals surface area contributed by atoms with Crippen LogP contribution < -0.4 is 10.1 Å². The first-order chi connectivity index (χ1) is 17.2. The van der Waals surface area contributed by atoms with Gasteiger partial charge in [0.15, 0.2) is 0 Å². The summed E-state index contributed by atoms with van der Waals surface area (Å²) in [6.07, 6.45) is 1.58. The van der Waals surface area contributed by atoms with Crippen molar-refractivity contribution in [1.82, 2.24) is 9.80 Å². The predicted molar refractivity (Wildman–Crippen MR) is 142 cm³/mol. The molecule has 1 fully saturated rings. The Hall–Kier alpha value is -2.32. The minimum atomic E-state index is -0.356. The van der Waals surface area contributed by atoms with Crippen LogP contribution in [0.4, 0.5) is 5.69 Å². The molecule has 0 radical (unpaired) electrons. The summed E-state index contributed by atoms with van der Waals surface area (Å²) in [6, 6.07) is 10.4. The largest absolute Gasteiger partial charge is 0.488 e. The van der Waals surface area contributed by atoms with E-state index in [1.54, 1.807) is 29.2 Å². The number of aliphatic hydroxyl groups is 1. The van der Waals surface area contributed by atoms with E-state index in [4.69, 9.17) is 27.9 Å². The fourth-order valence-corrected chi connectivity index (χ4v) is 4.75. The van der Waals surface area contributed by atoms with Crippen LogP contribution in [0.2, 0.25) is 10.0 Å². The van der Waals surface area contributed by atoms with E-state index in [1.807, 2.05) is 26.1 Å². The lowest BCUT2D eigenvalue weighted by Gasteiger charge is -2.38. The van der Waals surface area contributed by atoms with Crippen molar-refractivity contribution in [3.05, 3.63) is 57.6 Å². The molecular weight excluding hydrogens is 501 g/mol. The van der Waals surface area contributed by atoms with Gasteiger partial charge in [-0.1, -0.05) is 36.2 Å². The van der Waals surface area contributed by atoms with Crippen LogP contribution in [-0.4, -0.2) is 65.6 Å². The number of anilines is 1. The summed E-state index contributed by atoms with van der Waals surface area (Å²) >= 11 is 12.2. The van der Waals surface area contributed by atoms with Crippen molar-refractivity contribution in [2.45, 2.75) is 45.4 Å². The second-order valence-corrected chi connectivity index (χ2v) is 10.9. The fourth-order valence-electron chi connectivity index (χ4n) is 4.43. The van der Waals surface area contributed by atoms with Gasteiger partial charge in [0.05, 0.1) is 28.3 Å². The van der Waals surface area contributed by atoms with Crippen molar-refractivity contribution < 1.29 is 19.4 Å². The van der Waals surface area contributed by atoms with Gasteiger partial charge in [-0.25, -0.2) is 0 Å². The number of ether oxygens (including phenoxy) is 1. The maximum Gasteiger partial charge on any atom is 0.258 e. The van der Waals surface area contributed by atoms with Gasteiger partial charge in [0, 0.05) is 37.2 Å². The molecule has 2 N–H and O–H groups in total. The highest BCUT2D eigenvalue weighted by Crippen LogP contribution is 2.33. The van der Waals surface area contributed by atoms with E-state index in [9.17, 15) is 14.7 Å². The maximum absolute atomic E-state index is 13.5. The Bertz CT molecular complexity index is 1120. The first-order valence-corrected chi connectivity index (χ1v) is 13.1. The van der Waals surface area contributed by atoms with E-state index in [0.717, 1.165) is 18.4 Å². The number of likely N-dealkylation sites (N-methyl/N-ethyl adjacent to an activating group) is 1. The Morgan fingerprint density at radius 1 is 1.22 bits per heavy atom. The van der Waals surface area contributed by atoms with E-state index in [-0.39, 0.29) is 42.4 Å². The highest BCUT2D eigenvalue weighted by Gasteiger charge is 2.34. The molecule has 2 aromatic carbocycles. The van der Waals surface area contributed by atoms with Gasteiger partial charge < -0.3 is 20.1 Å². The Labute approximate surface area is 222 Å². The third-order valence-electron chi connectivity index (χ3n) is 6.81. The summed E-state index contributed by atoms with van der Waals surface area (Å²) in [5.74, 6) is 0.288. The Morgan fingerprint density at radius 3 is 2.64 bits per heavy atom. The van der Waals surface area contributed by atoms with Gasteiger partial charge in [-0.05, 0) is 62.7 Å². The first kappa shape index (κ1) is 26.7. The van der Waals surface area contributed by atoms with Gasteiger partial charge >= 0.3 is 0 Å². The van der Waals surface area contributed by atoms with Crippen LogP contribution in [0.5, 0.6) is 5.75 Å². The Kier molecular flexibility index (Phi) is 8.45. The number of carbonyl (C=O) groups excluding carboxylic acids is 2. The first-order valence-electron chi connectivity index (χ1n) is 12.3. The van der Waals surface area contributed by atoms with E-state index in [0.29, 0.717) is 46.7 Å². The second-order valence-electron chi connectivity index (χ2n) is 10.0. The number of fused-ring (bicyclic) bond motifs is 1. The quantitative estimate of drug-likeness (QED) is 0.514. The van der Waals surface area contributed by atoms with Crippen LogP contribution in [0.15, 0.2) is 36.4 Å². The van der Waals surface area contributed by atoms with Crippen molar-refractivity contribution in [3.8, 4) is 5.75 Å². The van der Waals surface area contributed by atoms with Crippen molar-refractivity contribution in [1.29, 1.82) is 0 Å². The topological polar surface area (TPSA) is 82.1 Å². The third-order valence-corrected chi connectivity index (χ3v) is 7.55. The third kappa shape index (κ3) is 6.32. The number of halogens is 2. The summed E-state index contributed by atoms with van der Waals surface area (Å²) in [6.45, 7) is 5.43. The Balaban J connectivity index is 1.57. The van der Waals surface area contributed by atoms with Gasteiger partial charge in [0.2, 0.25) is 5.91 Å². The number of benzene rings is 2. The lowest BCUT2D eigenvalue weighted by Crippen LogP contribution is -2.49. The van der Waals surface area contributed by atoms with E-state index < -0.39 is 0 Å². The minimum absolute atomic E-state index is 0.00148. The highest BCUT2D eigenvalue weighted by atomic mass is 35.5. The van der Waals surface area contributed by atoms with Crippen LogP contribution in [0, 0.1) is 11.8 Å². The summed E-state index contributed by atoms with van der Waals surface area (Å²) in [5, 5.41) is 13.8. The SMILES string of the molecule is C[C@H]1CN([C@@H](C)CO)C(=O)c2cc(NC(=O)C3CC3)ccc2O[C@@H]1CN(C)Cc1ccc(Cl)c(Cl)c1. The summed E-state index contributed by atoms with van der Waals surface area (Å²) in [7, 11) is 2.01. The van der Waals surface area contributed by atoms with Gasteiger partial charge in [0.25, 0.3) is 5.91 Å². The molecule has 1 saturated carbocycles. The van der Waals surface area contributed by atoms with Crippen LogP contribution in [-0.2, 0) is 11.3 Å². The molecule has 36 heavy (non-hydrogen) atoms. The lowest BCUT2D eigenvalue weighted by atomic mass is 9.99. The highest BCUT2D eigenvalue weighted by molar-refractivity contribution is 6.42. The number of hydrogen-bond donors (Lipinski definition) is 2. The molecule has 1 heterocycles. The smallest absolute Gasteiger partial charge is 0.258 e. The van der Waals surface area contributed by atoms with E-state index >= 15 is 0 Å². The van der Waals surface area contributed by atoms with E-state index in [1.165, 1.54) is 0 Å². The minimum Gasteiger partial charge on any atom is -0.488 e. The van der Waals surface area contributed by atoms with Crippen LogP contribution in [0.1, 0.15) is 42.6 Å². The maximum atomic E-state index is 13.5. The predicted octanol–water partition coefficient (Wildman–Crippen LogP) is 4.69. The number of hydrogen-bond acceptors (Lipinski definition) is 5. The zero-order chi connectivity index (χ0) is 26.0.